The predicted octanol–water partition coefficient (Wildman–Crippen LogP) is 3.50. The molecule has 0 atom stereocenters. The molecule has 0 aliphatic heterocycles. The number of nitrogens with zero attached hydrogens (tertiary/aromatic N) is 3. The van der Waals surface area contributed by atoms with Gasteiger partial charge >= 0.3 is 0 Å². The molecule has 2 aromatic rings. The van der Waals surface area contributed by atoms with Gasteiger partial charge < -0.3 is 9.32 Å². The highest BCUT2D eigenvalue weighted by Gasteiger charge is 2.16. The molecule has 0 bridgehead atoms. The average molecular weight is 346 g/mol. The molecular weight excluding hydrogens is 334 g/mol. The molecule has 24 heavy (non-hydrogen) atoms. The number of furan rings is 1. The SMILES string of the molecule is CN(C)C(=O)/C(C#N)=C/c1ccc(-c2cc([N+](=O)[O-])ccc2Cl)o1. The molecule has 1 amide bonds. The maximum absolute atomic E-state index is 11.8. The van der Waals surface area contributed by atoms with Crippen LogP contribution in [-0.2, 0) is 4.79 Å². The molecule has 0 saturated carbocycles. The molecule has 0 radical (unpaired) electrons. The van der Waals surface area contributed by atoms with E-state index in [0.29, 0.717) is 11.3 Å². The van der Waals surface area contributed by atoms with Crippen molar-refractivity contribution in [1.82, 2.24) is 4.90 Å². The lowest BCUT2D eigenvalue weighted by atomic mass is 10.1. The van der Waals surface area contributed by atoms with E-state index in [1.165, 1.54) is 43.3 Å². The lowest BCUT2D eigenvalue weighted by Gasteiger charge is -2.07. The van der Waals surface area contributed by atoms with E-state index < -0.39 is 10.8 Å². The molecule has 0 aliphatic carbocycles. The zero-order valence-corrected chi connectivity index (χ0v) is 13.6. The number of hydrogen-bond donors (Lipinski definition) is 0. The van der Waals surface area contributed by atoms with Crippen molar-refractivity contribution in [3.8, 4) is 17.4 Å². The Morgan fingerprint density at radius 1 is 1.38 bits per heavy atom. The Kier molecular flexibility index (Phi) is 5.02. The average Bonchev–Trinajstić information content (AvgIpc) is 3.00. The smallest absolute Gasteiger partial charge is 0.270 e. The van der Waals surface area contributed by atoms with Crippen molar-refractivity contribution in [3.63, 3.8) is 0 Å². The number of nitro benzene ring substituents is 1. The standard InChI is InChI=1S/C16H12ClN3O4/c1-19(2)16(21)10(9-18)7-12-4-6-15(24-12)13-8-11(20(22)23)3-5-14(13)17/h3-8H,1-2H3/b10-7+. The summed E-state index contributed by atoms with van der Waals surface area (Å²) in [6, 6.07) is 8.91. The van der Waals surface area contributed by atoms with E-state index in [2.05, 4.69) is 0 Å². The summed E-state index contributed by atoms with van der Waals surface area (Å²) in [4.78, 5) is 23.4. The molecule has 0 fully saturated rings. The van der Waals surface area contributed by atoms with Crippen molar-refractivity contribution in [1.29, 1.82) is 5.26 Å². The fourth-order valence-electron chi connectivity index (χ4n) is 1.92. The van der Waals surface area contributed by atoms with Crippen LogP contribution in [0.2, 0.25) is 5.02 Å². The Balaban J connectivity index is 2.42. The minimum Gasteiger partial charge on any atom is -0.457 e. The van der Waals surface area contributed by atoms with Crippen molar-refractivity contribution in [2.45, 2.75) is 0 Å². The molecule has 0 N–H and O–H groups in total. The number of benzene rings is 1. The fourth-order valence-corrected chi connectivity index (χ4v) is 2.13. The number of non-ortho nitro benzene ring substituents is 1. The van der Waals surface area contributed by atoms with Crippen LogP contribution in [0, 0.1) is 21.4 Å². The Morgan fingerprint density at radius 3 is 2.67 bits per heavy atom. The molecule has 7 nitrogen and oxygen atoms in total. The van der Waals surface area contributed by atoms with Crippen LogP contribution < -0.4 is 0 Å². The van der Waals surface area contributed by atoms with Crippen LogP contribution in [0.1, 0.15) is 5.76 Å². The van der Waals surface area contributed by atoms with Crippen molar-refractivity contribution >= 4 is 29.3 Å². The minimum absolute atomic E-state index is 0.0916. The van der Waals surface area contributed by atoms with Gasteiger partial charge in [0.1, 0.15) is 23.2 Å². The first kappa shape index (κ1) is 17.2. The first-order valence-corrected chi connectivity index (χ1v) is 7.09. The van der Waals surface area contributed by atoms with E-state index in [1.54, 1.807) is 12.1 Å². The highest BCUT2D eigenvalue weighted by Crippen LogP contribution is 2.33. The zero-order chi connectivity index (χ0) is 17.9. The van der Waals surface area contributed by atoms with Crippen LogP contribution in [0.15, 0.2) is 40.3 Å². The van der Waals surface area contributed by atoms with Crippen LogP contribution in [0.5, 0.6) is 0 Å². The summed E-state index contributed by atoms with van der Waals surface area (Å²) >= 11 is 6.06. The molecule has 1 aromatic carbocycles. The maximum atomic E-state index is 11.8. The number of amides is 1. The van der Waals surface area contributed by atoms with E-state index in [9.17, 15) is 14.9 Å². The van der Waals surface area contributed by atoms with Crippen molar-refractivity contribution < 1.29 is 14.1 Å². The number of nitriles is 1. The Hall–Kier alpha value is -3.11. The van der Waals surface area contributed by atoms with E-state index in [1.807, 2.05) is 6.07 Å². The number of nitro groups is 1. The molecule has 0 spiro atoms. The second kappa shape index (κ2) is 6.98. The molecule has 0 unspecified atom stereocenters. The van der Waals surface area contributed by atoms with Gasteiger partial charge in [-0.2, -0.15) is 5.26 Å². The van der Waals surface area contributed by atoms with Gasteiger partial charge in [0.2, 0.25) is 0 Å². The summed E-state index contributed by atoms with van der Waals surface area (Å²) in [5.74, 6) is 0.104. The molecule has 122 valence electrons. The zero-order valence-electron chi connectivity index (χ0n) is 12.8. The quantitative estimate of drug-likeness (QED) is 0.365. The lowest BCUT2D eigenvalue weighted by Crippen LogP contribution is -2.22. The second-order valence-corrected chi connectivity index (χ2v) is 5.40. The molecule has 0 aliphatic rings. The van der Waals surface area contributed by atoms with Gasteiger partial charge in [-0.1, -0.05) is 11.6 Å². The van der Waals surface area contributed by atoms with Gasteiger partial charge in [0.25, 0.3) is 11.6 Å². The normalized spacial score (nSPS) is 11.0. The van der Waals surface area contributed by atoms with Gasteiger partial charge in [-0.05, 0) is 18.2 Å². The van der Waals surface area contributed by atoms with Crippen LogP contribution in [0.3, 0.4) is 0 Å². The second-order valence-electron chi connectivity index (χ2n) is 4.99. The molecule has 2 rings (SSSR count). The highest BCUT2D eigenvalue weighted by atomic mass is 35.5. The number of hydrogen-bond acceptors (Lipinski definition) is 5. The minimum atomic E-state index is -0.535. The van der Waals surface area contributed by atoms with Crippen molar-refractivity contribution in [3.05, 3.63) is 56.8 Å². The first-order chi connectivity index (χ1) is 11.3. The molecule has 1 aromatic heterocycles. The van der Waals surface area contributed by atoms with Gasteiger partial charge in [0, 0.05) is 37.9 Å². The third-order valence-electron chi connectivity index (χ3n) is 3.10. The summed E-state index contributed by atoms with van der Waals surface area (Å²) < 4.78 is 5.54. The van der Waals surface area contributed by atoms with Gasteiger partial charge in [0.05, 0.1) is 9.95 Å². The Bertz CT molecular complexity index is 878. The summed E-state index contributed by atoms with van der Waals surface area (Å²) in [6.07, 6.45) is 1.30. The fraction of sp³-hybridized carbons (Fsp3) is 0.125. The summed E-state index contributed by atoms with van der Waals surface area (Å²) in [5.41, 5.74) is 0.136. The predicted molar refractivity (Wildman–Crippen MR) is 88.1 cm³/mol. The van der Waals surface area contributed by atoms with E-state index >= 15 is 0 Å². The molecule has 0 saturated heterocycles. The monoisotopic (exact) mass is 345 g/mol. The third kappa shape index (κ3) is 3.62. The van der Waals surface area contributed by atoms with Crippen LogP contribution >= 0.6 is 11.6 Å². The Morgan fingerprint density at radius 2 is 2.08 bits per heavy atom. The van der Waals surface area contributed by atoms with E-state index in [4.69, 9.17) is 21.3 Å². The summed E-state index contributed by atoms with van der Waals surface area (Å²) in [6.45, 7) is 0. The van der Waals surface area contributed by atoms with Gasteiger partial charge in [0.15, 0.2) is 0 Å². The highest BCUT2D eigenvalue weighted by molar-refractivity contribution is 6.33. The first-order valence-electron chi connectivity index (χ1n) is 6.71. The van der Waals surface area contributed by atoms with Gasteiger partial charge in [-0.15, -0.1) is 0 Å². The third-order valence-corrected chi connectivity index (χ3v) is 3.43. The maximum Gasteiger partial charge on any atom is 0.270 e. The van der Waals surface area contributed by atoms with Crippen LogP contribution in [0.25, 0.3) is 17.4 Å². The summed E-state index contributed by atoms with van der Waals surface area (Å²) in [7, 11) is 3.06. The van der Waals surface area contributed by atoms with Gasteiger partial charge in [-0.25, -0.2) is 0 Å². The number of halogens is 1. The Labute approximate surface area is 142 Å². The molecule has 1 heterocycles. The molecule has 8 heteroatoms. The van der Waals surface area contributed by atoms with Crippen LogP contribution in [-0.4, -0.2) is 29.8 Å². The summed E-state index contributed by atoms with van der Waals surface area (Å²) in [5, 5.41) is 20.2. The van der Waals surface area contributed by atoms with Gasteiger partial charge in [-0.3, -0.25) is 14.9 Å². The van der Waals surface area contributed by atoms with E-state index in [0.717, 1.165) is 0 Å². The van der Waals surface area contributed by atoms with Crippen molar-refractivity contribution in [2.75, 3.05) is 14.1 Å². The number of carbonyl (C=O) groups excluding carboxylic acids is 1. The largest absolute Gasteiger partial charge is 0.457 e. The number of carbonyl (C=O) groups is 1. The topological polar surface area (TPSA) is 100 Å². The van der Waals surface area contributed by atoms with E-state index in [-0.39, 0.29) is 22.0 Å². The van der Waals surface area contributed by atoms with Crippen molar-refractivity contribution in [2.24, 2.45) is 0 Å². The number of rotatable bonds is 4. The molecular formula is C16H12ClN3O4. The number of likely N-dealkylation sites (N-methyl/N-ethyl adjacent to an activating group) is 1. The van der Waals surface area contributed by atoms with Crippen LogP contribution in [0.4, 0.5) is 5.69 Å². The lowest BCUT2D eigenvalue weighted by molar-refractivity contribution is -0.384.